The van der Waals surface area contributed by atoms with Crippen molar-refractivity contribution in [2.45, 2.75) is 145 Å². The molecule has 0 heterocycles. The molecule has 0 amide bonds. The van der Waals surface area contributed by atoms with Crippen molar-refractivity contribution in [3.63, 3.8) is 0 Å². The van der Waals surface area contributed by atoms with E-state index in [9.17, 15) is 4.79 Å². The van der Waals surface area contributed by atoms with E-state index in [1.807, 2.05) is 0 Å². The quantitative estimate of drug-likeness (QED) is 0.0546. The van der Waals surface area contributed by atoms with Gasteiger partial charge in [-0.1, -0.05) is 94.8 Å². The van der Waals surface area contributed by atoms with Crippen molar-refractivity contribution < 1.29 is 57.9 Å². The molecule has 0 unspecified atom stereocenters. The highest BCUT2D eigenvalue weighted by Crippen LogP contribution is 2.35. The first-order chi connectivity index (χ1) is 26.6. The second-order valence-corrected chi connectivity index (χ2v) is 38.5. The van der Waals surface area contributed by atoms with E-state index in [0.29, 0.717) is 12.2 Å². The first kappa shape index (κ1) is 56.5. The Morgan fingerprint density at radius 1 is 0.375 bits per heavy atom. The minimum absolute atomic E-state index is 0.101. The van der Waals surface area contributed by atoms with Crippen LogP contribution in [0.2, 0.25) is 73.5 Å². The van der Waals surface area contributed by atoms with Crippen LogP contribution in [0.25, 0.3) is 0 Å². The normalized spacial score (nSPS) is 13.6. The van der Waals surface area contributed by atoms with E-state index in [2.05, 4.69) is 20.0 Å². The van der Waals surface area contributed by atoms with E-state index in [-0.39, 0.29) is 5.92 Å². The van der Waals surface area contributed by atoms with Crippen molar-refractivity contribution in [1.29, 1.82) is 0 Å². The SMILES string of the molecule is CCCC(=O)C(CCC[Si](C)(CCC[Si](OC)(OC)OC)CCC[Si](OC)(OC)OC)CCC[Si](C)(CCC[Si](OC)(OC)OC)CCC[Si](OC)(OC)OC. The zero-order valence-electron chi connectivity index (χ0n) is 38.5. The fourth-order valence-corrected chi connectivity index (χ4v) is 24.4. The summed E-state index contributed by atoms with van der Waals surface area (Å²) in [5.41, 5.74) is 0. The molecule has 0 saturated heterocycles. The molecule has 0 bridgehead atoms. The maximum absolute atomic E-state index is 13.7. The number of hydrogen-bond acceptors (Lipinski definition) is 13. The lowest BCUT2D eigenvalue weighted by Gasteiger charge is -2.32. The van der Waals surface area contributed by atoms with Gasteiger partial charge in [0.2, 0.25) is 0 Å². The zero-order chi connectivity index (χ0) is 42.8. The van der Waals surface area contributed by atoms with Crippen LogP contribution >= 0.6 is 0 Å². The molecule has 0 aromatic carbocycles. The van der Waals surface area contributed by atoms with Crippen LogP contribution in [0.1, 0.15) is 71.1 Å². The van der Waals surface area contributed by atoms with Crippen LogP contribution in [0.4, 0.5) is 0 Å². The first-order valence-electron chi connectivity index (χ1n) is 20.8. The molecule has 0 N–H and O–H groups in total. The summed E-state index contributed by atoms with van der Waals surface area (Å²) in [7, 11) is 6.14. The second kappa shape index (κ2) is 29.7. The van der Waals surface area contributed by atoms with Gasteiger partial charge in [-0.2, -0.15) is 0 Å². The number of hydrogen-bond donors (Lipinski definition) is 0. The molecule has 0 spiro atoms. The Kier molecular flexibility index (Phi) is 30.0. The molecule has 0 aromatic rings. The fraction of sp³-hybridized carbons (Fsp3) is 0.973. The Hall–Kier alpha value is 0.491. The molecule has 336 valence electrons. The molecule has 0 aliphatic rings. The fourth-order valence-electron chi connectivity index (χ4n) is 8.37. The number of Topliss-reactive ketones (excluding diaryl/α,β-unsaturated/α-hetero) is 1. The van der Waals surface area contributed by atoms with Crippen molar-refractivity contribution in [1.82, 2.24) is 0 Å². The third-order valence-electron chi connectivity index (χ3n) is 12.4. The van der Waals surface area contributed by atoms with E-state index in [4.69, 9.17) is 53.1 Å². The predicted molar refractivity (Wildman–Crippen MR) is 239 cm³/mol. The van der Waals surface area contributed by atoms with Crippen LogP contribution in [-0.2, 0) is 57.9 Å². The molecule has 0 rings (SSSR count). The molecule has 56 heavy (non-hydrogen) atoms. The van der Waals surface area contributed by atoms with Crippen LogP contribution in [0.5, 0.6) is 0 Å². The van der Waals surface area contributed by atoms with Gasteiger partial charge in [-0.15, -0.1) is 0 Å². The third kappa shape index (κ3) is 19.5. The molecule has 0 radical (unpaired) electrons. The van der Waals surface area contributed by atoms with Gasteiger partial charge >= 0.3 is 35.2 Å². The highest BCUT2D eigenvalue weighted by atomic mass is 28.4. The summed E-state index contributed by atoms with van der Waals surface area (Å²) in [5.74, 6) is 0.530. The van der Waals surface area contributed by atoms with Gasteiger partial charge in [0.25, 0.3) is 0 Å². The lowest BCUT2D eigenvalue weighted by atomic mass is 9.91. The topological polar surface area (TPSA) is 128 Å². The van der Waals surface area contributed by atoms with Gasteiger partial charge in [-0.25, -0.2) is 0 Å². The highest BCUT2D eigenvalue weighted by molar-refractivity contribution is 6.79. The molecule has 0 saturated carbocycles. The van der Waals surface area contributed by atoms with Crippen molar-refractivity contribution >= 4 is 57.1 Å². The average Bonchev–Trinajstić information content (AvgIpc) is 3.22. The lowest BCUT2D eigenvalue weighted by molar-refractivity contribution is -0.123. The lowest BCUT2D eigenvalue weighted by Crippen LogP contribution is -2.44. The molecule has 0 aliphatic heterocycles. The molecule has 0 fully saturated rings. The first-order valence-corrected chi connectivity index (χ1v) is 34.7. The molecular weight excluding hydrogens is 821 g/mol. The van der Waals surface area contributed by atoms with Gasteiger partial charge in [0, 0.05) is 122 Å². The summed E-state index contributed by atoms with van der Waals surface area (Å²) in [6.45, 7) is 7.17. The third-order valence-corrected chi connectivity index (χ3v) is 33.1. The van der Waals surface area contributed by atoms with Crippen LogP contribution in [0.15, 0.2) is 0 Å². The zero-order valence-corrected chi connectivity index (χ0v) is 44.5. The number of ketones is 1. The second-order valence-electron chi connectivity index (χ2n) is 15.9. The summed E-state index contributed by atoms with van der Waals surface area (Å²) in [6, 6.07) is 10.1. The van der Waals surface area contributed by atoms with Gasteiger partial charge < -0.3 is 53.1 Å². The summed E-state index contributed by atoms with van der Waals surface area (Å²) >= 11 is 0. The Morgan fingerprint density at radius 3 is 0.786 bits per heavy atom. The summed E-state index contributed by atoms with van der Waals surface area (Å²) in [6.07, 6.45) is 9.57. The Morgan fingerprint density at radius 2 is 0.589 bits per heavy atom. The molecule has 13 nitrogen and oxygen atoms in total. The number of rotatable bonds is 39. The van der Waals surface area contributed by atoms with Crippen molar-refractivity contribution in [2.75, 3.05) is 85.3 Å². The molecule has 19 heteroatoms. The van der Waals surface area contributed by atoms with Gasteiger partial charge in [0.1, 0.15) is 5.78 Å². The van der Waals surface area contributed by atoms with E-state index in [1.165, 1.54) is 12.1 Å². The summed E-state index contributed by atoms with van der Waals surface area (Å²) in [4.78, 5) is 13.7. The minimum atomic E-state index is -2.65. The standard InChI is InChI=1S/C37H86O13Si6/c1-16-23-37(38)36(24-17-26-51(14,28-19-32-53(39-2,40-3)41-4)29-20-33-54(42-5,43-6)44-7)25-18-27-52(15,30-21-34-55(45-8,46-9)47-10)31-22-35-56(48-11,49-12)50-13/h36H,16-35H2,1-15H3. The van der Waals surface area contributed by atoms with E-state index in [1.54, 1.807) is 85.3 Å². The molecule has 0 aromatic heterocycles. The van der Waals surface area contributed by atoms with Crippen molar-refractivity contribution in [3.8, 4) is 0 Å². The van der Waals surface area contributed by atoms with Crippen molar-refractivity contribution in [2.24, 2.45) is 5.92 Å². The average molecular weight is 908 g/mol. The van der Waals surface area contributed by atoms with Gasteiger partial charge in [-0.3, -0.25) is 4.79 Å². The smallest absolute Gasteiger partial charge is 0.377 e. The van der Waals surface area contributed by atoms with Crippen LogP contribution in [-0.4, -0.2) is 142 Å². The molecular formula is C37H86O13Si6. The minimum Gasteiger partial charge on any atom is -0.377 e. The maximum Gasteiger partial charge on any atom is 0.500 e. The summed E-state index contributed by atoms with van der Waals surface area (Å²) in [5, 5.41) is 0. The highest BCUT2D eigenvalue weighted by Gasteiger charge is 2.42. The Balaban J connectivity index is 5.96. The molecule has 0 atom stereocenters. The van der Waals surface area contributed by atoms with Gasteiger partial charge in [0.05, 0.1) is 16.1 Å². The van der Waals surface area contributed by atoms with E-state index < -0.39 is 51.4 Å². The van der Waals surface area contributed by atoms with Gasteiger partial charge in [0.15, 0.2) is 0 Å². The number of carbonyl (C=O) groups is 1. The largest absolute Gasteiger partial charge is 0.500 e. The van der Waals surface area contributed by atoms with Crippen molar-refractivity contribution in [3.05, 3.63) is 0 Å². The Labute approximate surface area is 349 Å². The van der Waals surface area contributed by atoms with Crippen LogP contribution < -0.4 is 0 Å². The number of carbonyl (C=O) groups excluding carboxylic acids is 1. The van der Waals surface area contributed by atoms with E-state index >= 15 is 0 Å². The van der Waals surface area contributed by atoms with Gasteiger partial charge in [-0.05, 0) is 19.3 Å². The van der Waals surface area contributed by atoms with E-state index in [0.717, 1.165) is 106 Å². The van der Waals surface area contributed by atoms with Crippen LogP contribution in [0.3, 0.4) is 0 Å². The Bertz CT molecular complexity index is 849. The summed E-state index contributed by atoms with van der Waals surface area (Å²) < 4.78 is 69.0. The molecule has 0 aliphatic carbocycles. The monoisotopic (exact) mass is 906 g/mol. The van der Waals surface area contributed by atoms with Crippen LogP contribution in [0, 0.1) is 5.92 Å². The maximum atomic E-state index is 13.7. The predicted octanol–water partition coefficient (Wildman–Crippen LogP) is 8.76.